The summed E-state index contributed by atoms with van der Waals surface area (Å²) in [6, 6.07) is 0. The molecule has 2 unspecified atom stereocenters. The van der Waals surface area contributed by atoms with Crippen molar-refractivity contribution in [1.82, 2.24) is 16.0 Å². The van der Waals surface area contributed by atoms with Gasteiger partial charge in [0.15, 0.2) is 0 Å². The van der Waals surface area contributed by atoms with Crippen LogP contribution in [0.1, 0.15) is 98.3 Å². The molecule has 0 aromatic heterocycles. The Kier molecular flexibility index (Phi) is 19.3. The van der Waals surface area contributed by atoms with Gasteiger partial charge in [-0.05, 0) is 65.0 Å². The van der Waals surface area contributed by atoms with Crippen LogP contribution in [-0.2, 0) is 19.1 Å². The molecule has 1 heterocycles. The van der Waals surface area contributed by atoms with E-state index < -0.39 is 30.0 Å². The van der Waals surface area contributed by atoms with Crippen LogP contribution in [-0.4, -0.2) is 94.6 Å². The van der Waals surface area contributed by atoms with E-state index >= 15 is 0 Å². The third-order valence-electron chi connectivity index (χ3n) is 6.76. The fourth-order valence-electron chi connectivity index (χ4n) is 4.33. The normalized spacial score (nSPS) is 22.7. The van der Waals surface area contributed by atoms with Crippen LogP contribution in [0.25, 0.3) is 0 Å². The summed E-state index contributed by atoms with van der Waals surface area (Å²) in [7, 11) is 0. The Morgan fingerprint density at radius 2 is 1.29 bits per heavy atom. The number of unbranched alkanes of at least 4 members (excludes halogenated alkanes) is 6. The second-order valence-electron chi connectivity index (χ2n) is 11.7. The first-order valence-corrected chi connectivity index (χ1v) is 16.2. The van der Waals surface area contributed by atoms with Gasteiger partial charge in [0.2, 0.25) is 11.8 Å². The third kappa shape index (κ3) is 17.8. The molecule has 5 atom stereocenters. The van der Waals surface area contributed by atoms with Gasteiger partial charge in [0.05, 0.1) is 12.7 Å². The quantitative estimate of drug-likeness (QED) is 0.114. The van der Waals surface area contributed by atoms with E-state index in [0.717, 1.165) is 63.5 Å². The lowest BCUT2D eigenvalue weighted by Crippen LogP contribution is -2.53. The first-order chi connectivity index (χ1) is 19.4. The Labute approximate surface area is 250 Å². The van der Waals surface area contributed by atoms with Crippen LogP contribution in [0.3, 0.4) is 0 Å². The van der Waals surface area contributed by atoms with Crippen LogP contribution >= 0.6 is 11.8 Å². The van der Waals surface area contributed by atoms with Crippen LogP contribution in [0.15, 0.2) is 0 Å². The Hall–Kier alpha value is -1.60. The zero-order valence-corrected chi connectivity index (χ0v) is 26.3. The van der Waals surface area contributed by atoms with Gasteiger partial charge in [-0.25, -0.2) is 4.79 Å². The highest BCUT2D eigenvalue weighted by Crippen LogP contribution is 2.33. The predicted molar refractivity (Wildman–Crippen MR) is 160 cm³/mol. The summed E-state index contributed by atoms with van der Waals surface area (Å²) < 4.78 is 10.9. The number of ether oxygens (including phenoxy) is 2. The van der Waals surface area contributed by atoms with Crippen LogP contribution in [0.4, 0.5) is 4.79 Å². The number of carbonyl (C=O) groups excluding carboxylic acids is 3. The van der Waals surface area contributed by atoms with Gasteiger partial charge in [0.1, 0.15) is 23.2 Å². The van der Waals surface area contributed by atoms with E-state index in [1.807, 2.05) is 27.7 Å². The number of nitrogens with one attached hydrogen (secondary N) is 3. The minimum absolute atomic E-state index is 0.0350. The fraction of sp³-hybridized carbons (Fsp3) is 0.897. The van der Waals surface area contributed by atoms with E-state index in [1.165, 1.54) is 0 Å². The van der Waals surface area contributed by atoms with Crippen molar-refractivity contribution in [2.75, 3.05) is 32.0 Å². The Bertz CT molecular complexity index is 750. The maximum atomic E-state index is 12.0. The molecule has 0 aliphatic carbocycles. The molecule has 0 aromatic rings. The number of hydrogen-bond donors (Lipinski definition) is 6. The van der Waals surface area contributed by atoms with Crippen molar-refractivity contribution in [3.8, 4) is 0 Å². The monoisotopic (exact) mass is 605 g/mol. The molecule has 1 aliphatic rings. The van der Waals surface area contributed by atoms with Gasteiger partial charge in [-0.2, -0.15) is 0 Å². The zero-order valence-electron chi connectivity index (χ0n) is 25.5. The average molecular weight is 606 g/mol. The molecule has 240 valence electrons. The van der Waals surface area contributed by atoms with Gasteiger partial charge in [0, 0.05) is 38.4 Å². The average Bonchev–Trinajstić information content (AvgIpc) is 2.90. The highest BCUT2D eigenvalue weighted by atomic mass is 32.2. The molecule has 6 N–H and O–H groups in total. The number of thioether (sulfide) groups is 1. The Morgan fingerprint density at radius 1 is 0.780 bits per heavy atom. The van der Waals surface area contributed by atoms with Crippen molar-refractivity contribution >= 4 is 29.7 Å². The number of rotatable bonds is 20. The third-order valence-corrected chi connectivity index (χ3v) is 8.16. The number of carbonyl (C=O) groups is 3. The van der Waals surface area contributed by atoms with Gasteiger partial charge in [0.25, 0.3) is 0 Å². The molecule has 3 amide bonds. The second kappa shape index (κ2) is 21.1. The number of alkyl carbamates (subject to hydrolysis) is 1. The minimum Gasteiger partial charge on any atom is -0.444 e. The molecule has 0 aromatic carbocycles. The Balaban J connectivity index is 1.91. The van der Waals surface area contributed by atoms with Crippen molar-refractivity contribution in [2.24, 2.45) is 5.92 Å². The van der Waals surface area contributed by atoms with E-state index in [-0.39, 0.29) is 29.8 Å². The summed E-state index contributed by atoms with van der Waals surface area (Å²) in [5, 5.41) is 38.0. The first-order valence-electron chi connectivity index (χ1n) is 15.2. The van der Waals surface area contributed by atoms with E-state index in [0.29, 0.717) is 32.5 Å². The topological polar surface area (TPSA) is 166 Å². The molecule has 1 fully saturated rings. The predicted octanol–water partition coefficient (Wildman–Crippen LogP) is 2.84. The van der Waals surface area contributed by atoms with Crippen molar-refractivity contribution < 1.29 is 39.2 Å². The standard InChI is InChI=1S/C29H55N3O8S/c1-21-25(36)26(37)22(20-33)39-27(21)41-19-13-7-12-17-31-24(35)14-8-5-10-16-30-23(34)15-9-6-11-18-32-28(38)40-29(2,3)4/h21-22,25-27,33,36-37H,5-20H2,1-4H3,(H,30,34)(H,31,35)(H,32,38)/t21?,22?,25-,26-,27-/m0/s1. The summed E-state index contributed by atoms with van der Waals surface area (Å²) in [6.07, 6.45) is 5.56. The van der Waals surface area contributed by atoms with E-state index in [4.69, 9.17) is 9.47 Å². The van der Waals surface area contributed by atoms with Crippen LogP contribution in [0, 0.1) is 5.92 Å². The van der Waals surface area contributed by atoms with Gasteiger partial charge in [-0.15, -0.1) is 11.8 Å². The fourth-order valence-corrected chi connectivity index (χ4v) is 5.61. The van der Waals surface area contributed by atoms with E-state index in [2.05, 4.69) is 16.0 Å². The summed E-state index contributed by atoms with van der Waals surface area (Å²) in [6.45, 7) is 8.77. The number of hydrogen-bond acceptors (Lipinski definition) is 9. The highest BCUT2D eigenvalue weighted by Gasteiger charge is 2.41. The molecule has 0 radical (unpaired) electrons. The van der Waals surface area contributed by atoms with Gasteiger partial charge < -0.3 is 40.7 Å². The molecule has 1 saturated heterocycles. The second-order valence-corrected chi connectivity index (χ2v) is 13.0. The summed E-state index contributed by atoms with van der Waals surface area (Å²) in [5.41, 5.74) is -0.765. The lowest BCUT2D eigenvalue weighted by atomic mass is 9.94. The molecule has 12 heteroatoms. The van der Waals surface area contributed by atoms with Crippen LogP contribution in [0.5, 0.6) is 0 Å². The SMILES string of the molecule is CC1[C@H](SCCCCCNC(=O)CCCCCNC(=O)CCCCCNC(=O)OC(C)(C)C)OC(CO)[C@H](O)[C@H]1O. The van der Waals surface area contributed by atoms with Gasteiger partial charge in [-0.3, -0.25) is 9.59 Å². The van der Waals surface area contributed by atoms with Crippen molar-refractivity contribution in [2.45, 2.75) is 128 Å². The molecule has 11 nitrogen and oxygen atoms in total. The summed E-state index contributed by atoms with van der Waals surface area (Å²) >= 11 is 1.59. The Morgan fingerprint density at radius 3 is 1.80 bits per heavy atom. The van der Waals surface area contributed by atoms with Crippen LogP contribution in [0.2, 0.25) is 0 Å². The maximum absolute atomic E-state index is 12.0. The lowest BCUT2D eigenvalue weighted by molar-refractivity contribution is -0.181. The maximum Gasteiger partial charge on any atom is 0.407 e. The lowest BCUT2D eigenvalue weighted by Gasteiger charge is -2.40. The molecular formula is C29H55N3O8S. The smallest absolute Gasteiger partial charge is 0.407 e. The van der Waals surface area contributed by atoms with Crippen LogP contribution < -0.4 is 16.0 Å². The molecule has 1 aliphatic heterocycles. The molecule has 0 spiro atoms. The van der Waals surface area contributed by atoms with Gasteiger partial charge >= 0.3 is 6.09 Å². The van der Waals surface area contributed by atoms with Crippen molar-refractivity contribution in [1.29, 1.82) is 0 Å². The van der Waals surface area contributed by atoms with Crippen molar-refractivity contribution in [3.63, 3.8) is 0 Å². The molecule has 0 saturated carbocycles. The minimum atomic E-state index is -1.06. The van der Waals surface area contributed by atoms with Crippen molar-refractivity contribution in [3.05, 3.63) is 0 Å². The number of aliphatic hydroxyl groups excluding tert-OH is 3. The molecule has 41 heavy (non-hydrogen) atoms. The molecular weight excluding hydrogens is 550 g/mol. The largest absolute Gasteiger partial charge is 0.444 e. The number of aliphatic hydroxyl groups is 3. The summed E-state index contributed by atoms with van der Waals surface area (Å²) in [5.74, 6) is 0.712. The zero-order chi connectivity index (χ0) is 30.7. The summed E-state index contributed by atoms with van der Waals surface area (Å²) in [4.78, 5) is 35.5. The first kappa shape index (κ1) is 37.4. The van der Waals surface area contributed by atoms with E-state index in [9.17, 15) is 29.7 Å². The van der Waals surface area contributed by atoms with E-state index in [1.54, 1.807) is 11.8 Å². The molecule has 0 bridgehead atoms. The highest BCUT2D eigenvalue weighted by molar-refractivity contribution is 7.99. The molecule has 1 rings (SSSR count). The number of amides is 3. The van der Waals surface area contributed by atoms with Gasteiger partial charge in [-0.1, -0.05) is 26.2 Å².